The Morgan fingerprint density at radius 1 is 1.09 bits per heavy atom. The number of piperidine rings is 1. The van der Waals surface area contributed by atoms with Crippen molar-refractivity contribution in [2.24, 2.45) is 0 Å². The van der Waals surface area contributed by atoms with E-state index in [1.807, 2.05) is 4.90 Å². The molecule has 0 saturated carbocycles. The Morgan fingerprint density at radius 2 is 1.76 bits per heavy atom. The first-order valence-electron chi connectivity index (χ1n) is 9.78. The van der Waals surface area contributed by atoms with Gasteiger partial charge in [0, 0.05) is 24.0 Å². The molecule has 1 fully saturated rings. The highest BCUT2D eigenvalue weighted by Gasteiger charge is 2.33. The lowest BCUT2D eigenvalue weighted by molar-refractivity contribution is -0.274. The molecule has 4 rings (SSSR count). The minimum Gasteiger partial charge on any atom is -0.406 e. The minimum absolute atomic E-state index is 0.0278. The zero-order valence-electron chi connectivity index (χ0n) is 16.9. The third-order valence-corrected chi connectivity index (χ3v) is 8.73. The van der Waals surface area contributed by atoms with Crippen LogP contribution in [-0.4, -0.2) is 38.1 Å². The summed E-state index contributed by atoms with van der Waals surface area (Å²) in [7, 11) is -3.71. The number of alkyl halides is 3. The van der Waals surface area contributed by atoms with Crippen LogP contribution in [0.4, 0.5) is 22.7 Å². The molecule has 0 amide bonds. The summed E-state index contributed by atoms with van der Waals surface area (Å²) in [6.45, 7) is 0.891. The lowest BCUT2D eigenvalue weighted by Gasteiger charge is -2.31. The SMILES string of the molecule is O=S(=O)(c1ccc(OC(F)(F)F)cc1)C1CCN(c2nc(-c3ccc(Cl)c(F)c3)cs2)CC1. The van der Waals surface area contributed by atoms with Crippen molar-refractivity contribution in [3.8, 4) is 17.0 Å². The van der Waals surface area contributed by atoms with Gasteiger partial charge in [-0.25, -0.2) is 17.8 Å². The van der Waals surface area contributed by atoms with Crippen molar-refractivity contribution >= 4 is 37.9 Å². The summed E-state index contributed by atoms with van der Waals surface area (Å²) in [6.07, 6.45) is -4.16. The van der Waals surface area contributed by atoms with Gasteiger partial charge in [-0.15, -0.1) is 24.5 Å². The van der Waals surface area contributed by atoms with Gasteiger partial charge >= 0.3 is 6.36 Å². The average Bonchev–Trinajstić information content (AvgIpc) is 3.25. The number of thiazole rings is 1. The third-order valence-electron chi connectivity index (χ3n) is 5.24. The summed E-state index contributed by atoms with van der Waals surface area (Å²) in [6, 6.07) is 8.68. The first-order valence-corrected chi connectivity index (χ1v) is 12.6. The lowest BCUT2D eigenvalue weighted by atomic mass is 10.1. The van der Waals surface area contributed by atoms with Gasteiger partial charge in [-0.2, -0.15) is 0 Å². The predicted molar refractivity (Wildman–Crippen MR) is 118 cm³/mol. The van der Waals surface area contributed by atoms with E-state index in [-0.39, 0.29) is 9.92 Å². The van der Waals surface area contributed by atoms with Gasteiger partial charge in [0.15, 0.2) is 15.0 Å². The maximum Gasteiger partial charge on any atom is 0.573 e. The van der Waals surface area contributed by atoms with Crippen LogP contribution in [0.25, 0.3) is 11.3 Å². The van der Waals surface area contributed by atoms with Crippen LogP contribution in [0, 0.1) is 5.82 Å². The molecule has 1 saturated heterocycles. The zero-order chi connectivity index (χ0) is 23.8. The van der Waals surface area contributed by atoms with Gasteiger partial charge in [0.2, 0.25) is 0 Å². The maximum absolute atomic E-state index is 13.7. The highest BCUT2D eigenvalue weighted by Crippen LogP contribution is 2.33. The Balaban J connectivity index is 1.41. The molecule has 1 aliphatic rings. The van der Waals surface area contributed by atoms with Crippen LogP contribution < -0.4 is 9.64 Å². The number of ether oxygens (including phenoxy) is 1. The summed E-state index contributed by atoms with van der Waals surface area (Å²) in [5.41, 5.74) is 1.19. The second kappa shape index (κ2) is 9.11. The van der Waals surface area contributed by atoms with Crippen LogP contribution in [0.3, 0.4) is 0 Å². The number of sulfone groups is 1. The monoisotopic (exact) mass is 520 g/mol. The number of benzene rings is 2. The molecule has 2 heterocycles. The molecular formula is C21H17ClF4N2O3S2. The molecule has 176 valence electrons. The molecule has 12 heteroatoms. The summed E-state index contributed by atoms with van der Waals surface area (Å²) in [5, 5.41) is 1.86. The summed E-state index contributed by atoms with van der Waals surface area (Å²) < 4.78 is 80.3. The first kappa shape index (κ1) is 23.8. The topological polar surface area (TPSA) is 59.5 Å². The summed E-state index contributed by atoms with van der Waals surface area (Å²) >= 11 is 7.10. The molecule has 0 radical (unpaired) electrons. The number of hydrogen-bond acceptors (Lipinski definition) is 6. The van der Waals surface area contributed by atoms with Crippen LogP contribution in [-0.2, 0) is 9.84 Å². The Bertz CT molecular complexity index is 1240. The zero-order valence-corrected chi connectivity index (χ0v) is 19.2. The fourth-order valence-electron chi connectivity index (χ4n) is 3.58. The maximum atomic E-state index is 13.7. The molecule has 1 aliphatic heterocycles. The molecule has 1 aromatic heterocycles. The molecule has 0 N–H and O–H groups in total. The van der Waals surface area contributed by atoms with Crippen molar-refractivity contribution in [2.75, 3.05) is 18.0 Å². The molecule has 0 unspecified atom stereocenters. The molecule has 5 nitrogen and oxygen atoms in total. The van der Waals surface area contributed by atoms with E-state index in [0.29, 0.717) is 42.3 Å². The lowest BCUT2D eigenvalue weighted by Crippen LogP contribution is -2.39. The van der Waals surface area contributed by atoms with Gasteiger partial charge in [-0.05, 0) is 49.2 Å². The van der Waals surface area contributed by atoms with Crippen molar-refractivity contribution in [3.63, 3.8) is 0 Å². The summed E-state index contributed by atoms with van der Waals surface area (Å²) in [5.74, 6) is -1.01. The van der Waals surface area contributed by atoms with Crippen LogP contribution in [0.2, 0.25) is 5.02 Å². The smallest absolute Gasteiger partial charge is 0.406 e. The fraction of sp³-hybridized carbons (Fsp3) is 0.286. The number of rotatable bonds is 5. The van der Waals surface area contributed by atoms with Crippen LogP contribution in [0.1, 0.15) is 12.8 Å². The Morgan fingerprint density at radius 3 is 2.36 bits per heavy atom. The van der Waals surface area contributed by atoms with E-state index in [2.05, 4.69) is 9.72 Å². The van der Waals surface area contributed by atoms with Crippen molar-refractivity contribution in [2.45, 2.75) is 29.3 Å². The molecule has 2 aromatic carbocycles. The Kier molecular flexibility index (Phi) is 6.56. The highest BCUT2D eigenvalue weighted by molar-refractivity contribution is 7.92. The first-order chi connectivity index (χ1) is 15.5. The van der Waals surface area contributed by atoms with Crippen molar-refractivity contribution in [1.82, 2.24) is 4.98 Å². The second-order valence-electron chi connectivity index (χ2n) is 7.39. The number of hydrogen-bond donors (Lipinski definition) is 0. The fourth-order valence-corrected chi connectivity index (χ4v) is 6.32. The molecule has 33 heavy (non-hydrogen) atoms. The van der Waals surface area contributed by atoms with Gasteiger partial charge < -0.3 is 9.64 Å². The number of nitrogens with zero attached hydrogens (tertiary/aromatic N) is 2. The van der Waals surface area contributed by atoms with Gasteiger partial charge in [0.25, 0.3) is 0 Å². The predicted octanol–water partition coefficient (Wildman–Crippen LogP) is 5.94. The quantitative estimate of drug-likeness (QED) is 0.389. The van der Waals surface area contributed by atoms with Crippen molar-refractivity contribution < 1.29 is 30.7 Å². The number of halogens is 5. The van der Waals surface area contributed by atoms with Gasteiger partial charge in [-0.1, -0.05) is 17.7 Å². The standard InChI is InChI=1S/C21H17ClF4N2O3S2/c22-17-6-1-13(11-18(17)23)19-12-32-20(27-19)28-9-7-16(8-10-28)33(29,30)15-4-2-14(3-5-15)31-21(24,25)26/h1-6,11-12,16H,7-10H2. The van der Waals surface area contributed by atoms with Crippen molar-refractivity contribution in [3.05, 3.63) is 58.7 Å². The van der Waals surface area contributed by atoms with E-state index in [0.717, 1.165) is 24.3 Å². The molecule has 3 aromatic rings. The highest BCUT2D eigenvalue weighted by atomic mass is 35.5. The average molecular weight is 521 g/mol. The van der Waals surface area contributed by atoms with E-state index in [1.165, 1.54) is 23.5 Å². The molecule has 0 spiro atoms. The van der Waals surface area contributed by atoms with Crippen LogP contribution in [0.5, 0.6) is 5.75 Å². The Hall–Kier alpha value is -2.37. The number of aromatic nitrogens is 1. The summed E-state index contributed by atoms with van der Waals surface area (Å²) in [4.78, 5) is 6.46. The largest absolute Gasteiger partial charge is 0.573 e. The molecule has 0 atom stereocenters. The van der Waals surface area contributed by atoms with Crippen LogP contribution in [0.15, 0.2) is 52.7 Å². The third kappa shape index (κ3) is 5.42. The van der Waals surface area contributed by atoms with Gasteiger partial charge in [0.05, 0.1) is 20.9 Å². The Labute approximate surface area is 196 Å². The van der Waals surface area contributed by atoms with Gasteiger partial charge in [-0.3, -0.25) is 0 Å². The van der Waals surface area contributed by atoms with E-state index in [9.17, 15) is 26.0 Å². The van der Waals surface area contributed by atoms with E-state index in [1.54, 1.807) is 11.4 Å². The molecule has 0 bridgehead atoms. The van der Waals surface area contributed by atoms with E-state index in [4.69, 9.17) is 11.6 Å². The molecule has 0 aliphatic carbocycles. The van der Waals surface area contributed by atoms with E-state index < -0.39 is 33.0 Å². The molecular weight excluding hydrogens is 504 g/mol. The van der Waals surface area contributed by atoms with E-state index >= 15 is 0 Å². The van der Waals surface area contributed by atoms with Crippen LogP contribution >= 0.6 is 22.9 Å². The van der Waals surface area contributed by atoms with Crippen molar-refractivity contribution in [1.29, 1.82) is 0 Å². The van der Waals surface area contributed by atoms with Gasteiger partial charge in [0.1, 0.15) is 11.6 Å². The second-order valence-corrected chi connectivity index (χ2v) is 10.9. The normalized spacial score (nSPS) is 15.6. The minimum atomic E-state index is -4.84. The number of anilines is 1.